The van der Waals surface area contributed by atoms with Gasteiger partial charge >= 0.3 is 0 Å². The first-order valence-electron chi connectivity index (χ1n) is 11.8. The summed E-state index contributed by atoms with van der Waals surface area (Å²) in [4.78, 5) is 54.3. The molecule has 1 fully saturated rings. The fourth-order valence-electron chi connectivity index (χ4n) is 4.38. The maximum absolute atomic E-state index is 12.9. The highest BCUT2D eigenvalue weighted by atomic mass is 35.5. The van der Waals surface area contributed by atoms with Crippen LogP contribution in [0.3, 0.4) is 0 Å². The third-order valence-corrected chi connectivity index (χ3v) is 6.63. The Bertz CT molecular complexity index is 1580. The molecule has 1 N–H and O–H groups in total. The Labute approximate surface area is 220 Å². The van der Waals surface area contributed by atoms with Crippen LogP contribution in [-0.4, -0.2) is 49.2 Å². The number of benzene rings is 2. The van der Waals surface area contributed by atoms with E-state index in [4.69, 9.17) is 11.6 Å². The van der Waals surface area contributed by atoms with Gasteiger partial charge < -0.3 is 10.2 Å². The van der Waals surface area contributed by atoms with Crippen molar-refractivity contribution >= 4 is 45.8 Å². The van der Waals surface area contributed by atoms with Crippen molar-refractivity contribution in [2.24, 2.45) is 5.92 Å². The van der Waals surface area contributed by atoms with Crippen molar-refractivity contribution in [1.29, 1.82) is 0 Å². The minimum Gasteiger partial charge on any atom is -0.354 e. The largest absolute Gasteiger partial charge is 0.354 e. The van der Waals surface area contributed by atoms with E-state index in [9.17, 15) is 24.5 Å². The number of halogens is 1. The van der Waals surface area contributed by atoms with E-state index >= 15 is 0 Å². The predicted molar refractivity (Wildman–Crippen MR) is 139 cm³/mol. The second kappa shape index (κ2) is 10.4. The molecule has 38 heavy (non-hydrogen) atoms. The smallest absolute Gasteiger partial charge is 0.269 e. The second-order valence-corrected chi connectivity index (χ2v) is 9.32. The number of nitrogens with one attached hydrogen (secondary N) is 1. The van der Waals surface area contributed by atoms with E-state index in [-0.39, 0.29) is 55.7 Å². The lowest BCUT2D eigenvalue weighted by atomic mass is 10.1. The van der Waals surface area contributed by atoms with Crippen LogP contribution in [0.4, 0.5) is 11.4 Å². The zero-order chi connectivity index (χ0) is 26.8. The first-order valence-corrected chi connectivity index (χ1v) is 12.2. The monoisotopic (exact) mass is 535 g/mol. The normalized spacial score (nSPS) is 15.2. The van der Waals surface area contributed by atoms with E-state index in [1.165, 1.54) is 33.9 Å². The SMILES string of the molecule is O=C(NCCn1ncc2c(=O)n(Cc3ccc([N+](=O)[O-])cc3)cnc21)C1CC(=O)N(c2ccc(Cl)cc2)C1. The summed E-state index contributed by atoms with van der Waals surface area (Å²) in [6, 6.07) is 12.8. The molecule has 194 valence electrons. The quantitative estimate of drug-likeness (QED) is 0.269. The Morgan fingerprint density at radius 2 is 1.87 bits per heavy atom. The highest BCUT2D eigenvalue weighted by Crippen LogP contribution is 2.26. The van der Waals surface area contributed by atoms with E-state index in [0.29, 0.717) is 27.3 Å². The molecule has 2 amide bonds. The van der Waals surface area contributed by atoms with Gasteiger partial charge in [-0.1, -0.05) is 23.7 Å². The number of hydrogen-bond donors (Lipinski definition) is 1. The number of rotatable bonds is 8. The zero-order valence-electron chi connectivity index (χ0n) is 20.0. The summed E-state index contributed by atoms with van der Waals surface area (Å²) in [7, 11) is 0. The Kier molecular flexibility index (Phi) is 6.88. The molecule has 1 aliphatic rings. The van der Waals surface area contributed by atoms with Crippen molar-refractivity contribution in [3.05, 3.63) is 92.1 Å². The molecule has 0 aliphatic carbocycles. The molecule has 2 aromatic heterocycles. The van der Waals surface area contributed by atoms with Crippen LogP contribution in [0.15, 0.2) is 65.8 Å². The maximum Gasteiger partial charge on any atom is 0.269 e. The van der Waals surface area contributed by atoms with Gasteiger partial charge in [-0.25, -0.2) is 9.67 Å². The van der Waals surface area contributed by atoms with Gasteiger partial charge in [0.25, 0.3) is 11.2 Å². The lowest BCUT2D eigenvalue weighted by molar-refractivity contribution is -0.384. The van der Waals surface area contributed by atoms with Gasteiger partial charge in [0.05, 0.1) is 30.1 Å². The molecule has 1 atom stereocenters. The molecule has 2 aromatic carbocycles. The Morgan fingerprint density at radius 3 is 2.58 bits per heavy atom. The summed E-state index contributed by atoms with van der Waals surface area (Å²) in [5.74, 6) is -0.832. The van der Waals surface area contributed by atoms with Crippen molar-refractivity contribution in [1.82, 2.24) is 24.6 Å². The molecule has 4 aromatic rings. The minimum absolute atomic E-state index is 0.0264. The molecule has 1 saturated heterocycles. The summed E-state index contributed by atoms with van der Waals surface area (Å²) >= 11 is 5.92. The second-order valence-electron chi connectivity index (χ2n) is 8.88. The fraction of sp³-hybridized carbons (Fsp3) is 0.240. The highest BCUT2D eigenvalue weighted by molar-refractivity contribution is 6.30. The van der Waals surface area contributed by atoms with Crippen LogP contribution in [0.5, 0.6) is 0 Å². The van der Waals surface area contributed by atoms with Gasteiger partial charge in [-0.2, -0.15) is 5.10 Å². The van der Waals surface area contributed by atoms with Gasteiger partial charge in [0, 0.05) is 42.4 Å². The lowest BCUT2D eigenvalue weighted by Gasteiger charge is -2.16. The molecule has 5 rings (SSSR count). The lowest BCUT2D eigenvalue weighted by Crippen LogP contribution is -2.35. The summed E-state index contributed by atoms with van der Waals surface area (Å²) in [6.45, 7) is 1.02. The van der Waals surface area contributed by atoms with Crippen molar-refractivity contribution in [2.45, 2.75) is 19.5 Å². The molecule has 3 heterocycles. The third-order valence-electron chi connectivity index (χ3n) is 6.38. The van der Waals surface area contributed by atoms with Crippen LogP contribution in [-0.2, 0) is 22.7 Å². The summed E-state index contributed by atoms with van der Waals surface area (Å²) in [6.07, 6.45) is 2.95. The van der Waals surface area contributed by atoms with E-state index in [1.807, 2.05) is 0 Å². The molecular formula is C25H22ClN7O5. The number of non-ortho nitro benzene ring substituents is 1. The van der Waals surface area contributed by atoms with Gasteiger partial charge in [-0.15, -0.1) is 0 Å². The van der Waals surface area contributed by atoms with Crippen molar-refractivity contribution in [2.75, 3.05) is 18.0 Å². The number of amides is 2. The average Bonchev–Trinajstić information content (AvgIpc) is 3.50. The van der Waals surface area contributed by atoms with E-state index < -0.39 is 10.8 Å². The van der Waals surface area contributed by atoms with E-state index in [0.717, 1.165) is 0 Å². The molecule has 0 spiro atoms. The number of carbonyl (C=O) groups excluding carboxylic acids is 2. The number of nitrogens with zero attached hydrogens (tertiary/aromatic N) is 6. The maximum atomic E-state index is 12.9. The number of aromatic nitrogens is 4. The van der Waals surface area contributed by atoms with Crippen molar-refractivity contribution in [3.8, 4) is 0 Å². The summed E-state index contributed by atoms with van der Waals surface area (Å²) in [5, 5.41) is 18.8. The number of nitro benzene ring substituents is 1. The Morgan fingerprint density at radius 1 is 1.13 bits per heavy atom. The van der Waals surface area contributed by atoms with Crippen LogP contribution in [0.2, 0.25) is 5.02 Å². The first-order chi connectivity index (χ1) is 18.3. The molecule has 1 unspecified atom stereocenters. The number of nitro groups is 1. The van der Waals surface area contributed by atoms with Gasteiger partial charge in [-0.3, -0.25) is 29.1 Å². The van der Waals surface area contributed by atoms with E-state index in [2.05, 4.69) is 15.4 Å². The number of fused-ring (bicyclic) bond motifs is 1. The van der Waals surface area contributed by atoms with Crippen LogP contribution in [0, 0.1) is 16.0 Å². The fourth-order valence-corrected chi connectivity index (χ4v) is 4.50. The first kappa shape index (κ1) is 25.1. The minimum atomic E-state index is -0.482. The third kappa shape index (κ3) is 5.11. The standard InChI is InChI=1S/C25H22ClN7O5/c26-18-3-7-19(8-4-18)31-14-17(11-22(31)34)24(35)27-9-10-32-23-21(12-29-32)25(36)30(15-28-23)13-16-1-5-20(6-2-16)33(37)38/h1-8,12,15,17H,9-11,13-14H2,(H,27,35). The number of carbonyl (C=O) groups is 2. The Balaban J connectivity index is 1.19. The highest BCUT2D eigenvalue weighted by Gasteiger charge is 2.35. The molecule has 13 heteroatoms. The van der Waals surface area contributed by atoms with Crippen LogP contribution in [0.1, 0.15) is 12.0 Å². The summed E-state index contributed by atoms with van der Waals surface area (Å²) < 4.78 is 2.94. The van der Waals surface area contributed by atoms with Gasteiger partial charge in [-0.05, 0) is 29.8 Å². The average molecular weight is 536 g/mol. The van der Waals surface area contributed by atoms with Gasteiger partial charge in [0.15, 0.2) is 5.65 Å². The van der Waals surface area contributed by atoms with Crippen molar-refractivity contribution in [3.63, 3.8) is 0 Å². The molecule has 1 aliphatic heterocycles. The molecule has 0 radical (unpaired) electrons. The van der Waals surface area contributed by atoms with Crippen LogP contribution >= 0.6 is 11.6 Å². The summed E-state index contributed by atoms with van der Waals surface area (Å²) in [5.41, 5.74) is 1.48. The zero-order valence-corrected chi connectivity index (χ0v) is 20.7. The van der Waals surface area contributed by atoms with E-state index in [1.54, 1.807) is 41.3 Å². The topological polar surface area (TPSA) is 145 Å². The number of hydrogen-bond acceptors (Lipinski definition) is 7. The molecule has 0 saturated carbocycles. The number of anilines is 1. The van der Waals surface area contributed by atoms with Crippen LogP contribution < -0.4 is 15.8 Å². The van der Waals surface area contributed by atoms with Gasteiger partial charge in [0.2, 0.25) is 11.8 Å². The van der Waals surface area contributed by atoms with Crippen LogP contribution in [0.25, 0.3) is 11.0 Å². The van der Waals surface area contributed by atoms with Crippen molar-refractivity contribution < 1.29 is 14.5 Å². The molecule has 12 nitrogen and oxygen atoms in total. The predicted octanol–water partition coefficient (Wildman–Crippen LogP) is 2.37. The molecular weight excluding hydrogens is 514 g/mol. The Hall–Kier alpha value is -4.58. The molecule has 0 bridgehead atoms. The van der Waals surface area contributed by atoms with Gasteiger partial charge in [0.1, 0.15) is 11.7 Å².